The molecule has 1 amide bonds. The van der Waals surface area contributed by atoms with Gasteiger partial charge < -0.3 is 19.5 Å². The normalized spacial score (nSPS) is 13.2. The molecule has 136 valence electrons. The number of ether oxygens (including phenoxy) is 3. The number of carbonyl (C=O) groups is 2. The van der Waals surface area contributed by atoms with Gasteiger partial charge in [-0.2, -0.15) is 0 Å². The van der Waals surface area contributed by atoms with Crippen LogP contribution in [0.3, 0.4) is 0 Å². The Balaban J connectivity index is 1.57. The van der Waals surface area contributed by atoms with Crippen molar-refractivity contribution in [1.29, 1.82) is 0 Å². The summed E-state index contributed by atoms with van der Waals surface area (Å²) in [6.45, 7) is 1.67. The van der Waals surface area contributed by atoms with Crippen LogP contribution in [-0.4, -0.2) is 24.8 Å². The van der Waals surface area contributed by atoms with Gasteiger partial charge >= 0.3 is 5.97 Å². The summed E-state index contributed by atoms with van der Waals surface area (Å²) >= 11 is 6.03. The van der Waals surface area contributed by atoms with Crippen molar-refractivity contribution in [3.05, 3.63) is 58.4 Å². The van der Waals surface area contributed by atoms with Crippen LogP contribution in [0.1, 0.15) is 22.8 Å². The third-order valence-electron chi connectivity index (χ3n) is 3.70. The number of carbonyl (C=O) groups excluding carboxylic acids is 2. The SMILES string of the molecule is C[C@@H](OC(=O)c1cc(Cl)c2c(c1)OCO2)C(=O)NCc1ccc(F)cc1. The van der Waals surface area contributed by atoms with E-state index in [-0.39, 0.29) is 29.7 Å². The van der Waals surface area contributed by atoms with Crippen molar-refractivity contribution in [2.45, 2.75) is 19.6 Å². The largest absolute Gasteiger partial charge is 0.454 e. The predicted octanol–water partition coefficient (Wildman–Crippen LogP) is 3.07. The number of nitrogens with one attached hydrogen (secondary N) is 1. The Labute approximate surface area is 153 Å². The minimum absolute atomic E-state index is 0.0236. The zero-order valence-corrected chi connectivity index (χ0v) is 14.5. The highest BCUT2D eigenvalue weighted by Crippen LogP contribution is 2.39. The maximum Gasteiger partial charge on any atom is 0.339 e. The van der Waals surface area contributed by atoms with Gasteiger partial charge in [-0.15, -0.1) is 0 Å². The summed E-state index contributed by atoms with van der Waals surface area (Å²) in [6, 6.07) is 8.55. The monoisotopic (exact) mass is 379 g/mol. The van der Waals surface area contributed by atoms with E-state index in [2.05, 4.69) is 5.32 Å². The molecule has 0 unspecified atom stereocenters. The molecule has 0 bridgehead atoms. The molecule has 1 atom stereocenters. The van der Waals surface area contributed by atoms with Crippen LogP contribution < -0.4 is 14.8 Å². The van der Waals surface area contributed by atoms with Gasteiger partial charge in [-0.3, -0.25) is 4.79 Å². The molecule has 0 aliphatic carbocycles. The zero-order chi connectivity index (χ0) is 18.7. The van der Waals surface area contributed by atoms with Crippen LogP contribution in [0.5, 0.6) is 11.5 Å². The second-order valence-electron chi connectivity index (χ2n) is 5.58. The summed E-state index contributed by atoms with van der Waals surface area (Å²) in [4.78, 5) is 24.3. The van der Waals surface area contributed by atoms with Crippen molar-refractivity contribution < 1.29 is 28.2 Å². The maximum atomic E-state index is 12.9. The lowest BCUT2D eigenvalue weighted by Gasteiger charge is -2.14. The quantitative estimate of drug-likeness (QED) is 0.808. The van der Waals surface area contributed by atoms with Gasteiger partial charge in [-0.05, 0) is 36.8 Å². The number of amides is 1. The van der Waals surface area contributed by atoms with Crippen LogP contribution >= 0.6 is 11.6 Å². The fourth-order valence-electron chi connectivity index (χ4n) is 2.30. The van der Waals surface area contributed by atoms with Crippen LogP contribution in [0, 0.1) is 5.82 Å². The number of benzene rings is 2. The average molecular weight is 380 g/mol. The molecule has 3 rings (SSSR count). The van der Waals surface area contributed by atoms with E-state index in [0.29, 0.717) is 11.5 Å². The van der Waals surface area contributed by atoms with Gasteiger partial charge in [0.05, 0.1) is 10.6 Å². The average Bonchev–Trinajstić information content (AvgIpc) is 3.10. The number of hydrogen-bond donors (Lipinski definition) is 1. The summed E-state index contributed by atoms with van der Waals surface area (Å²) in [5, 5.41) is 2.84. The first-order chi connectivity index (χ1) is 12.4. The molecule has 1 aliphatic heterocycles. The number of halogens is 2. The molecule has 26 heavy (non-hydrogen) atoms. The van der Waals surface area contributed by atoms with Gasteiger partial charge in [-0.25, -0.2) is 9.18 Å². The summed E-state index contributed by atoms with van der Waals surface area (Å²) in [5.41, 5.74) is 0.873. The first kappa shape index (κ1) is 18.0. The van der Waals surface area contributed by atoms with Crippen LogP contribution in [-0.2, 0) is 16.1 Å². The molecule has 0 radical (unpaired) electrons. The maximum absolute atomic E-state index is 12.9. The summed E-state index contributed by atoms with van der Waals surface area (Å²) in [5.74, 6) is -0.833. The van der Waals surface area contributed by atoms with Gasteiger partial charge in [0.1, 0.15) is 5.82 Å². The first-order valence-electron chi connectivity index (χ1n) is 7.76. The van der Waals surface area contributed by atoms with E-state index in [0.717, 1.165) is 5.56 Å². The Morgan fingerprint density at radius 2 is 2.00 bits per heavy atom. The number of fused-ring (bicyclic) bond motifs is 1. The summed E-state index contributed by atoms with van der Waals surface area (Å²) in [6.07, 6.45) is -1.02. The molecular weight excluding hydrogens is 365 g/mol. The van der Waals surface area contributed by atoms with E-state index in [1.807, 2.05) is 0 Å². The van der Waals surface area contributed by atoms with E-state index < -0.39 is 18.0 Å². The van der Waals surface area contributed by atoms with Crippen molar-refractivity contribution in [3.8, 4) is 11.5 Å². The Morgan fingerprint density at radius 3 is 2.73 bits per heavy atom. The summed E-state index contributed by atoms with van der Waals surface area (Å²) in [7, 11) is 0. The Morgan fingerprint density at radius 1 is 1.27 bits per heavy atom. The molecule has 0 fully saturated rings. The number of rotatable bonds is 5. The molecule has 8 heteroatoms. The van der Waals surface area contributed by atoms with Crippen molar-refractivity contribution in [2.24, 2.45) is 0 Å². The Kier molecular flexibility index (Phi) is 5.27. The highest BCUT2D eigenvalue weighted by atomic mass is 35.5. The van der Waals surface area contributed by atoms with Crippen molar-refractivity contribution in [2.75, 3.05) is 6.79 Å². The standard InChI is InChI=1S/C18H15ClFNO5/c1-10(17(22)21-8-11-2-4-13(20)5-3-11)26-18(23)12-6-14(19)16-15(7-12)24-9-25-16/h2-7,10H,8-9H2,1H3,(H,21,22)/t10-/m1/s1. The number of hydrogen-bond acceptors (Lipinski definition) is 5. The molecule has 0 aromatic heterocycles. The third-order valence-corrected chi connectivity index (χ3v) is 3.98. The van der Waals surface area contributed by atoms with E-state index in [4.69, 9.17) is 25.8 Å². The lowest BCUT2D eigenvalue weighted by atomic mass is 10.2. The minimum atomic E-state index is -1.02. The fraction of sp³-hybridized carbons (Fsp3) is 0.222. The van der Waals surface area contributed by atoms with Crippen LogP contribution in [0.15, 0.2) is 36.4 Å². The van der Waals surface area contributed by atoms with Gasteiger partial charge in [0.15, 0.2) is 17.6 Å². The predicted molar refractivity (Wildman–Crippen MR) is 90.7 cm³/mol. The molecule has 2 aromatic carbocycles. The first-order valence-corrected chi connectivity index (χ1v) is 8.14. The van der Waals surface area contributed by atoms with E-state index in [1.165, 1.54) is 31.2 Å². The number of esters is 1. The molecule has 2 aromatic rings. The smallest absolute Gasteiger partial charge is 0.339 e. The molecular formula is C18H15ClFNO5. The molecule has 1 heterocycles. The van der Waals surface area contributed by atoms with Crippen molar-refractivity contribution in [3.63, 3.8) is 0 Å². The van der Waals surface area contributed by atoms with Gasteiger partial charge in [0.2, 0.25) is 6.79 Å². The van der Waals surface area contributed by atoms with E-state index in [1.54, 1.807) is 12.1 Å². The highest BCUT2D eigenvalue weighted by Gasteiger charge is 2.24. The van der Waals surface area contributed by atoms with Crippen LogP contribution in [0.25, 0.3) is 0 Å². The molecule has 1 aliphatic rings. The second kappa shape index (κ2) is 7.61. The lowest BCUT2D eigenvalue weighted by Crippen LogP contribution is -2.35. The lowest BCUT2D eigenvalue weighted by molar-refractivity contribution is -0.129. The van der Waals surface area contributed by atoms with Crippen LogP contribution in [0.2, 0.25) is 5.02 Å². The fourth-order valence-corrected chi connectivity index (χ4v) is 2.57. The Bertz CT molecular complexity index is 840. The molecule has 0 saturated carbocycles. The van der Waals surface area contributed by atoms with E-state index >= 15 is 0 Å². The molecule has 1 N–H and O–H groups in total. The zero-order valence-electron chi connectivity index (χ0n) is 13.8. The summed E-state index contributed by atoms with van der Waals surface area (Å²) < 4.78 is 28.4. The van der Waals surface area contributed by atoms with Gasteiger partial charge in [-0.1, -0.05) is 23.7 Å². The second-order valence-corrected chi connectivity index (χ2v) is 5.99. The van der Waals surface area contributed by atoms with Crippen LogP contribution in [0.4, 0.5) is 4.39 Å². The molecule has 6 nitrogen and oxygen atoms in total. The highest BCUT2D eigenvalue weighted by molar-refractivity contribution is 6.32. The molecule has 0 saturated heterocycles. The van der Waals surface area contributed by atoms with Gasteiger partial charge in [0, 0.05) is 6.54 Å². The van der Waals surface area contributed by atoms with Gasteiger partial charge in [0.25, 0.3) is 5.91 Å². The topological polar surface area (TPSA) is 73.9 Å². The molecule has 0 spiro atoms. The minimum Gasteiger partial charge on any atom is -0.454 e. The van der Waals surface area contributed by atoms with Crippen molar-refractivity contribution >= 4 is 23.5 Å². The van der Waals surface area contributed by atoms with E-state index in [9.17, 15) is 14.0 Å². The van der Waals surface area contributed by atoms with Crippen molar-refractivity contribution in [1.82, 2.24) is 5.32 Å². The Hall–Kier alpha value is -2.80. The third kappa shape index (κ3) is 4.05.